The minimum atomic E-state index is -0.482. The van der Waals surface area contributed by atoms with E-state index in [1.807, 2.05) is 20.8 Å². The fourth-order valence-electron chi connectivity index (χ4n) is 1.82. The molecule has 0 spiro atoms. The van der Waals surface area contributed by atoms with Crippen LogP contribution in [0.4, 0.5) is 4.79 Å². The summed E-state index contributed by atoms with van der Waals surface area (Å²) in [6.07, 6.45) is 1.28. The molecular formula is C11H22N2O3. The maximum atomic E-state index is 11.6. The number of hydrogen-bond donors (Lipinski definition) is 2. The number of carbonyl (C=O) groups is 1. The van der Waals surface area contributed by atoms with Gasteiger partial charge >= 0.3 is 6.09 Å². The van der Waals surface area contributed by atoms with E-state index in [-0.39, 0.29) is 11.6 Å². The van der Waals surface area contributed by atoms with Gasteiger partial charge in [-0.2, -0.15) is 0 Å². The molecule has 0 bridgehead atoms. The highest BCUT2D eigenvalue weighted by Crippen LogP contribution is 2.33. The first-order valence-corrected chi connectivity index (χ1v) is 5.54. The number of rotatable bonds is 3. The van der Waals surface area contributed by atoms with Crippen LogP contribution in [0.3, 0.4) is 0 Å². The van der Waals surface area contributed by atoms with Gasteiger partial charge in [0.15, 0.2) is 0 Å². The van der Waals surface area contributed by atoms with Gasteiger partial charge in [0.1, 0.15) is 5.60 Å². The molecule has 0 heterocycles. The van der Waals surface area contributed by atoms with Crippen molar-refractivity contribution >= 4 is 6.09 Å². The fraction of sp³-hybridized carbons (Fsp3) is 0.909. The van der Waals surface area contributed by atoms with Crippen LogP contribution in [-0.2, 0) is 9.47 Å². The molecule has 0 aromatic carbocycles. The van der Waals surface area contributed by atoms with Crippen LogP contribution >= 0.6 is 0 Å². The van der Waals surface area contributed by atoms with Crippen molar-refractivity contribution < 1.29 is 14.3 Å². The summed E-state index contributed by atoms with van der Waals surface area (Å²) in [7, 11) is 1.67. The number of ether oxygens (including phenoxy) is 2. The Kier molecular flexibility index (Phi) is 3.80. The summed E-state index contributed by atoms with van der Waals surface area (Å²) >= 11 is 0. The standard InChI is InChI=1S/C11H22N2O3/c1-10(2,3)16-9(14)13-11(7-12)5-8(6-11)15-4/h8H,5-7,12H2,1-4H3,(H,13,14). The zero-order valence-corrected chi connectivity index (χ0v) is 10.5. The molecule has 5 heteroatoms. The average molecular weight is 230 g/mol. The molecule has 1 fully saturated rings. The number of methoxy groups -OCH3 is 1. The molecule has 0 radical (unpaired) electrons. The Morgan fingerprint density at radius 3 is 2.44 bits per heavy atom. The van der Waals surface area contributed by atoms with Crippen LogP contribution < -0.4 is 11.1 Å². The molecule has 5 nitrogen and oxygen atoms in total. The summed E-state index contributed by atoms with van der Waals surface area (Å²) in [5.74, 6) is 0. The lowest BCUT2D eigenvalue weighted by Crippen LogP contribution is -2.64. The fourth-order valence-corrected chi connectivity index (χ4v) is 1.82. The molecule has 1 saturated carbocycles. The van der Waals surface area contributed by atoms with E-state index in [2.05, 4.69) is 5.32 Å². The molecule has 94 valence electrons. The third kappa shape index (κ3) is 3.35. The van der Waals surface area contributed by atoms with E-state index in [1.54, 1.807) is 7.11 Å². The van der Waals surface area contributed by atoms with Crippen molar-refractivity contribution in [3.8, 4) is 0 Å². The average Bonchev–Trinajstić information content (AvgIpc) is 2.07. The molecule has 1 aliphatic rings. The van der Waals surface area contributed by atoms with Crippen LogP contribution in [0.5, 0.6) is 0 Å². The van der Waals surface area contributed by atoms with Crippen LogP contribution in [0.2, 0.25) is 0 Å². The van der Waals surface area contributed by atoms with Crippen molar-refractivity contribution in [2.75, 3.05) is 13.7 Å². The van der Waals surface area contributed by atoms with Crippen molar-refractivity contribution in [1.82, 2.24) is 5.32 Å². The summed E-state index contributed by atoms with van der Waals surface area (Å²) < 4.78 is 10.4. The number of nitrogens with one attached hydrogen (secondary N) is 1. The van der Waals surface area contributed by atoms with E-state index >= 15 is 0 Å². The lowest BCUT2D eigenvalue weighted by atomic mass is 9.74. The van der Waals surface area contributed by atoms with Crippen LogP contribution in [0.15, 0.2) is 0 Å². The van der Waals surface area contributed by atoms with Crippen LogP contribution in [0.25, 0.3) is 0 Å². The summed E-state index contributed by atoms with van der Waals surface area (Å²) in [6, 6.07) is 0. The Hall–Kier alpha value is -0.810. The zero-order chi connectivity index (χ0) is 12.4. The summed E-state index contributed by atoms with van der Waals surface area (Å²) in [4.78, 5) is 11.6. The number of nitrogens with two attached hydrogens (primary N) is 1. The topological polar surface area (TPSA) is 73.6 Å². The van der Waals surface area contributed by atoms with E-state index in [4.69, 9.17) is 15.2 Å². The molecule has 0 aromatic heterocycles. The maximum Gasteiger partial charge on any atom is 0.408 e. The molecule has 3 N–H and O–H groups in total. The van der Waals surface area contributed by atoms with Gasteiger partial charge in [-0.05, 0) is 33.6 Å². The van der Waals surface area contributed by atoms with Crippen LogP contribution in [-0.4, -0.2) is 37.0 Å². The molecule has 0 aliphatic heterocycles. The van der Waals surface area contributed by atoms with Crippen LogP contribution in [0.1, 0.15) is 33.6 Å². The van der Waals surface area contributed by atoms with Gasteiger partial charge in [-0.15, -0.1) is 0 Å². The number of hydrogen-bond acceptors (Lipinski definition) is 4. The van der Waals surface area contributed by atoms with Gasteiger partial charge in [0.2, 0.25) is 0 Å². The van der Waals surface area contributed by atoms with Crippen molar-refractivity contribution in [3.63, 3.8) is 0 Å². The van der Waals surface area contributed by atoms with Gasteiger partial charge < -0.3 is 20.5 Å². The van der Waals surface area contributed by atoms with Gasteiger partial charge in [0.25, 0.3) is 0 Å². The van der Waals surface area contributed by atoms with Gasteiger partial charge in [-0.1, -0.05) is 0 Å². The molecule has 1 aliphatic carbocycles. The van der Waals surface area contributed by atoms with Gasteiger partial charge in [0, 0.05) is 13.7 Å². The van der Waals surface area contributed by atoms with Gasteiger partial charge in [0.05, 0.1) is 11.6 Å². The molecule has 0 saturated heterocycles. The molecule has 16 heavy (non-hydrogen) atoms. The molecule has 1 rings (SSSR count). The number of alkyl carbamates (subject to hydrolysis) is 1. The minimum absolute atomic E-state index is 0.193. The minimum Gasteiger partial charge on any atom is -0.444 e. The molecular weight excluding hydrogens is 208 g/mol. The Labute approximate surface area is 96.7 Å². The second kappa shape index (κ2) is 4.59. The van der Waals surface area contributed by atoms with E-state index < -0.39 is 11.7 Å². The quantitative estimate of drug-likeness (QED) is 0.759. The van der Waals surface area contributed by atoms with Gasteiger partial charge in [-0.25, -0.2) is 4.79 Å². The van der Waals surface area contributed by atoms with Crippen molar-refractivity contribution in [2.45, 2.75) is 50.9 Å². The van der Waals surface area contributed by atoms with E-state index in [9.17, 15) is 4.79 Å². The second-order valence-electron chi connectivity index (χ2n) is 5.38. The highest BCUT2D eigenvalue weighted by atomic mass is 16.6. The SMILES string of the molecule is COC1CC(CN)(NC(=O)OC(C)(C)C)C1. The van der Waals surface area contributed by atoms with Crippen molar-refractivity contribution in [3.05, 3.63) is 0 Å². The summed E-state index contributed by atoms with van der Waals surface area (Å²) in [5, 5.41) is 2.83. The first kappa shape index (κ1) is 13.3. The smallest absolute Gasteiger partial charge is 0.408 e. The number of carbonyl (C=O) groups excluding carboxylic acids is 1. The summed E-state index contributed by atoms with van der Waals surface area (Å²) in [6.45, 7) is 5.91. The van der Waals surface area contributed by atoms with E-state index in [1.165, 1.54) is 0 Å². The Balaban J connectivity index is 2.44. The lowest BCUT2D eigenvalue weighted by molar-refractivity contribution is -0.0315. The molecule has 0 aromatic rings. The third-order valence-electron chi connectivity index (χ3n) is 2.73. The number of amides is 1. The predicted molar refractivity (Wildman–Crippen MR) is 61.2 cm³/mol. The summed E-state index contributed by atoms with van der Waals surface area (Å²) in [5.41, 5.74) is 4.85. The Morgan fingerprint density at radius 2 is 2.06 bits per heavy atom. The molecule has 0 atom stereocenters. The second-order valence-corrected chi connectivity index (χ2v) is 5.38. The highest BCUT2D eigenvalue weighted by Gasteiger charge is 2.45. The van der Waals surface area contributed by atoms with E-state index in [0.29, 0.717) is 6.54 Å². The van der Waals surface area contributed by atoms with E-state index in [0.717, 1.165) is 12.8 Å². The molecule has 0 unspecified atom stereocenters. The maximum absolute atomic E-state index is 11.6. The highest BCUT2D eigenvalue weighted by molar-refractivity contribution is 5.69. The largest absolute Gasteiger partial charge is 0.444 e. The van der Waals surface area contributed by atoms with Gasteiger partial charge in [-0.3, -0.25) is 0 Å². The van der Waals surface area contributed by atoms with Crippen molar-refractivity contribution in [2.24, 2.45) is 5.73 Å². The predicted octanol–water partition coefficient (Wildman–Crippen LogP) is 1.02. The Bertz CT molecular complexity index is 254. The first-order valence-electron chi connectivity index (χ1n) is 5.54. The first-order chi connectivity index (χ1) is 7.30. The monoisotopic (exact) mass is 230 g/mol. The third-order valence-corrected chi connectivity index (χ3v) is 2.73. The zero-order valence-electron chi connectivity index (χ0n) is 10.5. The van der Waals surface area contributed by atoms with Crippen molar-refractivity contribution in [1.29, 1.82) is 0 Å². The normalized spacial score (nSPS) is 29.4. The Morgan fingerprint density at radius 1 is 1.50 bits per heavy atom. The lowest BCUT2D eigenvalue weighted by Gasteiger charge is -2.46. The molecule has 1 amide bonds. The van der Waals surface area contributed by atoms with Crippen LogP contribution in [0, 0.1) is 0 Å².